The van der Waals surface area contributed by atoms with Gasteiger partial charge in [0.25, 0.3) is 0 Å². The van der Waals surface area contributed by atoms with Crippen LogP contribution in [0.4, 0.5) is 5.82 Å². The van der Waals surface area contributed by atoms with Crippen molar-refractivity contribution in [3.63, 3.8) is 0 Å². The van der Waals surface area contributed by atoms with E-state index in [9.17, 15) is 4.79 Å². The molecule has 0 fully saturated rings. The maximum absolute atomic E-state index is 12.5. The highest BCUT2D eigenvalue weighted by molar-refractivity contribution is 5.95. The predicted molar refractivity (Wildman–Crippen MR) is 106 cm³/mol. The van der Waals surface area contributed by atoms with Crippen molar-refractivity contribution in [3.05, 3.63) is 47.2 Å². The van der Waals surface area contributed by atoms with Gasteiger partial charge in [0.1, 0.15) is 12.4 Å². The first-order valence-corrected chi connectivity index (χ1v) is 9.16. The number of nitrogens with zero attached hydrogens (tertiary/aromatic N) is 2. The molecule has 0 saturated heterocycles. The Morgan fingerprint density at radius 2 is 2.19 bits per heavy atom. The standard InChI is InChI=1S/C21H27N3O3/c1-12(2)11-27-20-15(8-7-9-17(20)26-6)16-10-18(25)22-21-19(16)14(5)23-24(21)13(3)4/h7-9,13,16H,1,10-11H2,2-6H3,(H,22,25)/t16-/m1/s1. The second-order valence-corrected chi connectivity index (χ2v) is 7.32. The number of hydrogen-bond acceptors (Lipinski definition) is 4. The molecule has 0 saturated carbocycles. The topological polar surface area (TPSA) is 65.4 Å². The van der Waals surface area contributed by atoms with Crippen molar-refractivity contribution in [2.24, 2.45) is 0 Å². The fourth-order valence-corrected chi connectivity index (χ4v) is 3.53. The summed E-state index contributed by atoms with van der Waals surface area (Å²) in [6.07, 6.45) is 0.341. The molecule has 1 aliphatic rings. The van der Waals surface area contributed by atoms with Gasteiger partial charge >= 0.3 is 0 Å². The summed E-state index contributed by atoms with van der Waals surface area (Å²) in [7, 11) is 1.62. The number of fused-ring (bicyclic) bond motifs is 1. The Morgan fingerprint density at radius 1 is 1.44 bits per heavy atom. The van der Waals surface area contributed by atoms with Gasteiger partial charge in [-0.2, -0.15) is 5.10 Å². The number of hydrogen-bond donors (Lipinski definition) is 1. The number of rotatable bonds is 6. The van der Waals surface area contributed by atoms with Crippen molar-refractivity contribution in [1.82, 2.24) is 9.78 Å². The second kappa shape index (κ2) is 7.47. The van der Waals surface area contributed by atoms with Crippen molar-refractivity contribution in [3.8, 4) is 11.5 Å². The zero-order valence-corrected chi connectivity index (χ0v) is 16.6. The van der Waals surface area contributed by atoms with E-state index < -0.39 is 0 Å². The number of aromatic nitrogens is 2. The third kappa shape index (κ3) is 3.56. The number of para-hydroxylation sites is 1. The Kier molecular flexibility index (Phi) is 5.26. The summed E-state index contributed by atoms with van der Waals surface area (Å²) in [6.45, 7) is 12.3. The molecule has 1 amide bonds. The maximum atomic E-state index is 12.5. The second-order valence-electron chi connectivity index (χ2n) is 7.32. The van der Waals surface area contributed by atoms with Gasteiger partial charge in [-0.05, 0) is 39.3 Å². The summed E-state index contributed by atoms with van der Waals surface area (Å²) in [5.41, 5.74) is 3.80. The molecule has 1 N–H and O–H groups in total. The molecule has 144 valence electrons. The zero-order valence-electron chi connectivity index (χ0n) is 16.6. The molecule has 0 radical (unpaired) electrons. The number of methoxy groups -OCH3 is 1. The number of carbonyl (C=O) groups excluding carboxylic acids is 1. The first-order chi connectivity index (χ1) is 12.8. The summed E-state index contributed by atoms with van der Waals surface area (Å²) in [5, 5.41) is 7.67. The van der Waals surface area contributed by atoms with Crippen molar-refractivity contribution in [2.45, 2.75) is 46.1 Å². The normalized spacial score (nSPS) is 16.1. The monoisotopic (exact) mass is 369 g/mol. The van der Waals surface area contributed by atoms with Crippen LogP contribution < -0.4 is 14.8 Å². The molecular weight excluding hydrogens is 342 g/mol. The molecule has 2 aromatic rings. The van der Waals surface area contributed by atoms with Gasteiger partial charge < -0.3 is 14.8 Å². The summed E-state index contributed by atoms with van der Waals surface area (Å²) < 4.78 is 13.4. The third-order valence-corrected chi connectivity index (χ3v) is 4.68. The Balaban J connectivity index is 2.15. The van der Waals surface area contributed by atoms with Gasteiger partial charge in [-0.3, -0.25) is 4.79 Å². The molecule has 0 unspecified atom stereocenters. The molecule has 6 heteroatoms. The highest BCUT2D eigenvalue weighted by atomic mass is 16.5. The number of aryl methyl sites for hydroxylation is 1. The molecular formula is C21H27N3O3. The summed E-state index contributed by atoms with van der Waals surface area (Å²) in [6, 6.07) is 5.94. The van der Waals surface area contributed by atoms with Gasteiger partial charge in [0, 0.05) is 29.5 Å². The van der Waals surface area contributed by atoms with E-state index in [4.69, 9.17) is 9.47 Å². The van der Waals surface area contributed by atoms with Gasteiger partial charge in [-0.15, -0.1) is 0 Å². The lowest BCUT2D eigenvalue weighted by Gasteiger charge is -2.27. The Bertz CT molecular complexity index is 883. The predicted octanol–water partition coefficient (Wildman–Crippen LogP) is 4.21. The van der Waals surface area contributed by atoms with Crippen molar-refractivity contribution in [1.29, 1.82) is 0 Å². The lowest BCUT2D eigenvalue weighted by molar-refractivity contribution is -0.116. The molecule has 6 nitrogen and oxygen atoms in total. The van der Waals surface area contributed by atoms with E-state index in [1.807, 2.05) is 36.7 Å². The highest BCUT2D eigenvalue weighted by Gasteiger charge is 2.35. The Hall–Kier alpha value is -2.76. The number of carbonyl (C=O) groups is 1. The van der Waals surface area contributed by atoms with Crippen molar-refractivity contribution in [2.75, 3.05) is 19.0 Å². The largest absolute Gasteiger partial charge is 0.493 e. The van der Waals surface area contributed by atoms with Crippen LogP contribution in [-0.4, -0.2) is 29.4 Å². The number of benzene rings is 1. The minimum atomic E-state index is -0.142. The minimum absolute atomic E-state index is 0.0250. The van der Waals surface area contributed by atoms with E-state index in [1.54, 1.807) is 7.11 Å². The fraction of sp³-hybridized carbons (Fsp3) is 0.429. The lowest BCUT2D eigenvalue weighted by atomic mass is 9.85. The highest BCUT2D eigenvalue weighted by Crippen LogP contribution is 2.45. The van der Waals surface area contributed by atoms with Crippen LogP contribution in [0.5, 0.6) is 11.5 Å². The van der Waals surface area contributed by atoms with Crippen LogP contribution >= 0.6 is 0 Å². The van der Waals surface area contributed by atoms with E-state index >= 15 is 0 Å². The molecule has 0 bridgehead atoms. The number of anilines is 1. The lowest BCUT2D eigenvalue weighted by Crippen LogP contribution is -2.26. The van der Waals surface area contributed by atoms with Crippen molar-refractivity contribution >= 4 is 11.7 Å². The summed E-state index contributed by atoms with van der Waals surface area (Å²) in [5.74, 6) is 1.91. The maximum Gasteiger partial charge on any atom is 0.226 e. The molecule has 3 rings (SSSR count). The van der Waals surface area contributed by atoms with Crippen LogP contribution in [0.25, 0.3) is 0 Å². The van der Waals surface area contributed by atoms with E-state index in [2.05, 4.69) is 30.8 Å². The number of ether oxygens (including phenoxy) is 2. The SMILES string of the molecule is C=C(C)COc1c(OC)cccc1[C@H]1CC(=O)Nc2c1c(C)nn2C(C)C. The van der Waals surface area contributed by atoms with E-state index in [-0.39, 0.29) is 17.9 Å². The summed E-state index contributed by atoms with van der Waals surface area (Å²) in [4.78, 5) is 12.5. The van der Waals surface area contributed by atoms with Crippen LogP contribution in [0.15, 0.2) is 30.4 Å². The molecule has 0 aliphatic carbocycles. The molecule has 27 heavy (non-hydrogen) atoms. The van der Waals surface area contributed by atoms with Crippen LogP contribution in [0.3, 0.4) is 0 Å². The van der Waals surface area contributed by atoms with Crippen LogP contribution in [-0.2, 0) is 4.79 Å². The average Bonchev–Trinajstić information content (AvgIpc) is 2.95. The third-order valence-electron chi connectivity index (χ3n) is 4.68. The van der Waals surface area contributed by atoms with Crippen LogP contribution in [0.2, 0.25) is 0 Å². The van der Waals surface area contributed by atoms with Gasteiger partial charge in [0.2, 0.25) is 5.91 Å². The van der Waals surface area contributed by atoms with Crippen LogP contribution in [0, 0.1) is 6.92 Å². The quantitative estimate of drug-likeness (QED) is 0.775. The first kappa shape index (κ1) is 19.0. The molecule has 1 atom stereocenters. The number of nitrogens with one attached hydrogen (secondary N) is 1. The van der Waals surface area contributed by atoms with Gasteiger partial charge in [0.15, 0.2) is 11.5 Å². The Labute approximate surface area is 160 Å². The van der Waals surface area contributed by atoms with E-state index in [1.165, 1.54) is 0 Å². The van der Waals surface area contributed by atoms with Crippen molar-refractivity contribution < 1.29 is 14.3 Å². The molecule has 1 aromatic carbocycles. The zero-order chi connectivity index (χ0) is 19.7. The molecule has 1 aliphatic heterocycles. The first-order valence-electron chi connectivity index (χ1n) is 9.16. The summed E-state index contributed by atoms with van der Waals surface area (Å²) >= 11 is 0. The molecule has 1 aromatic heterocycles. The van der Waals surface area contributed by atoms with E-state index in [0.29, 0.717) is 24.5 Å². The molecule has 2 heterocycles. The Morgan fingerprint density at radius 3 is 2.81 bits per heavy atom. The van der Waals surface area contributed by atoms with Gasteiger partial charge in [-0.25, -0.2) is 4.68 Å². The van der Waals surface area contributed by atoms with Gasteiger partial charge in [0.05, 0.1) is 12.8 Å². The fourth-order valence-electron chi connectivity index (χ4n) is 3.53. The van der Waals surface area contributed by atoms with Crippen LogP contribution in [0.1, 0.15) is 56.0 Å². The smallest absolute Gasteiger partial charge is 0.226 e. The molecule has 0 spiro atoms. The average molecular weight is 369 g/mol. The minimum Gasteiger partial charge on any atom is -0.493 e. The van der Waals surface area contributed by atoms with E-state index in [0.717, 1.165) is 28.2 Å². The number of amides is 1. The van der Waals surface area contributed by atoms with Gasteiger partial charge in [-0.1, -0.05) is 18.7 Å².